The molecule has 0 radical (unpaired) electrons. The van der Waals surface area contributed by atoms with E-state index in [-0.39, 0.29) is 11.9 Å². The van der Waals surface area contributed by atoms with Crippen LogP contribution >= 0.6 is 0 Å². The summed E-state index contributed by atoms with van der Waals surface area (Å²) in [5.74, 6) is 0.534. The summed E-state index contributed by atoms with van der Waals surface area (Å²) < 4.78 is 13.4. The summed E-state index contributed by atoms with van der Waals surface area (Å²) in [6.07, 6.45) is 2.11. The Kier molecular flexibility index (Phi) is 8.55. The minimum Gasteiger partial charge on any atom is -0.310 e. The molecule has 1 aromatic rings. The third-order valence-electron chi connectivity index (χ3n) is 3.70. The van der Waals surface area contributed by atoms with Crippen LogP contribution in [-0.4, -0.2) is 31.1 Å². The molecule has 1 atom stereocenters. The summed E-state index contributed by atoms with van der Waals surface area (Å²) in [7, 11) is 0. The first-order valence-corrected chi connectivity index (χ1v) is 8.28. The van der Waals surface area contributed by atoms with Gasteiger partial charge in [0, 0.05) is 12.6 Å². The smallest absolute Gasteiger partial charge is 0.123 e. The molecule has 0 saturated carbocycles. The van der Waals surface area contributed by atoms with Crippen molar-refractivity contribution >= 4 is 0 Å². The summed E-state index contributed by atoms with van der Waals surface area (Å²) in [5.41, 5.74) is 1.06. The molecule has 0 saturated heterocycles. The fourth-order valence-electron chi connectivity index (χ4n) is 2.64. The Morgan fingerprint density at radius 2 is 2.00 bits per heavy atom. The zero-order valence-corrected chi connectivity index (χ0v) is 14.0. The number of halogens is 1. The number of rotatable bonds is 10. The van der Waals surface area contributed by atoms with E-state index in [0.717, 1.165) is 44.6 Å². The lowest BCUT2D eigenvalue weighted by molar-refractivity contribution is 0.241. The van der Waals surface area contributed by atoms with Gasteiger partial charge < -0.3 is 10.2 Å². The molecule has 1 rings (SSSR count). The minimum atomic E-state index is -0.148. The number of hydrogen-bond donors (Lipinski definition) is 1. The number of benzene rings is 1. The van der Waals surface area contributed by atoms with Gasteiger partial charge >= 0.3 is 0 Å². The summed E-state index contributed by atoms with van der Waals surface area (Å²) in [6, 6.07) is 7.23. The molecule has 0 spiro atoms. The van der Waals surface area contributed by atoms with Crippen molar-refractivity contribution in [3.05, 3.63) is 35.6 Å². The molecule has 0 amide bonds. The number of nitrogens with one attached hydrogen (secondary N) is 1. The molecule has 0 bridgehead atoms. The highest BCUT2D eigenvalue weighted by molar-refractivity contribution is 5.20. The van der Waals surface area contributed by atoms with Gasteiger partial charge in [0.2, 0.25) is 0 Å². The van der Waals surface area contributed by atoms with Crippen molar-refractivity contribution in [2.75, 3.05) is 26.2 Å². The van der Waals surface area contributed by atoms with Gasteiger partial charge in [0.25, 0.3) is 0 Å². The van der Waals surface area contributed by atoms with E-state index in [1.165, 1.54) is 6.07 Å². The minimum absolute atomic E-state index is 0.148. The molecule has 3 heteroatoms. The van der Waals surface area contributed by atoms with Crippen molar-refractivity contribution in [1.82, 2.24) is 10.2 Å². The quantitative estimate of drug-likeness (QED) is 0.694. The van der Waals surface area contributed by atoms with Gasteiger partial charge in [0.1, 0.15) is 5.82 Å². The zero-order valence-electron chi connectivity index (χ0n) is 14.0. The van der Waals surface area contributed by atoms with Gasteiger partial charge in [-0.25, -0.2) is 4.39 Å². The molecule has 0 heterocycles. The Bertz CT molecular complexity index is 393. The van der Waals surface area contributed by atoms with E-state index in [1.807, 2.05) is 6.07 Å². The van der Waals surface area contributed by atoms with Gasteiger partial charge in [-0.1, -0.05) is 39.8 Å². The fourth-order valence-corrected chi connectivity index (χ4v) is 2.64. The van der Waals surface area contributed by atoms with Crippen LogP contribution in [0.2, 0.25) is 0 Å². The van der Waals surface area contributed by atoms with Crippen LogP contribution < -0.4 is 5.32 Å². The van der Waals surface area contributed by atoms with Crippen LogP contribution in [0.15, 0.2) is 24.3 Å². The molecule has 0 fully saturated rings. The predicted octanol–water partition coefficient (Wildman–Crippen LogP) is 4.23. The Balaban J connectivity index is 2.65. The normalized spacial score (nSPS) is 13.1. The summed E-state index contributed by atoms with van der Waals surface area (Å²) in [6.45, 7) is 13.1. The van der Waals surface area contributed by atoms with E-state index in [9.17, 15) is 4.39 Å². The van der Waals surface area contributed by atoms with Crippen molar-refractivity contribution in [2.24, 2.45) is 5.92 Å². The second-order valence-electron chi connectivity index (χ2n) is 6.14. The van der Waals surface area contributed by atoms with E-state index in [0.29, 0.717) is 5.92 Å². The lowest BCUT2D eigenvalue weighted by Gasteiger charge is -2.26. The van der Waals surface area contributed by atoms with E-state index < -0.39 is 0 Å². The average molecular weight is 294 g/mol. The first kappa shape index (κ1) is 18.1. The van der Waals surface area contributed by atoms with Crippen molar-refractivity contribution < 1.29 is 4.39 Å². The third kappa shape index (κ3) is 7.05. The van der Waals surface area contributed by atoms with Crippen LogP contribution in [0.4, 0.5) is 4.39 Å². The van der Waals surface area contributed by atoms with Gasteiger partial charge in [0.05, 0.1) is 0 Å². The maximum atomic E-state index is 13.4. The van der Waals surface area contributed by atoms with Gasteiger partial charge in [-0.3, -0.25) is 0 Å². The topological polar surface area (TPSA) is 15.3 Å². The van der Waals surface area contributed by atoms with Crippen LogP contribution in [0.5, 0.6) is 0 Å². The molecule has 2 nitrogen and oxygen atoms in total. The summed E-state index contributed by atoms with van der Waals surface area (Å²) in [5, 5.41) is 3.55. The highest BCUT2D eigenvalue weighted by Gasteiger charge is 2.13. The van der Waals surface area contributed by atoms with Crippen LogP contribution in [0, 0.1) is 11.7 Å². The van der Waals surface area contributed by atoms with Gasteiger partial charge in [-0.2, -0.15) is 0 Å². The molecule has 0 aliphatic heterocycles. The maximum absolute atomic E-state index is 13.4. The van der Waals surface area contributed by atoms with Crippen LogP contribution in [0.1, 0.15) is 52.1 Å². The van der Waals surface area contributed by atoms with E-state index >= 15 is 0 Å². The fraction of sp³-hybridized carbons (Fsp3) is 0.667. The van der Waals surface area contributed by atoms with Crippen molar-refractivity contribution in [1.29, 1.82) is 0 Å². The van der Waals surface area contributed by atoms with Crippen molar-refractivity contribution in [3.8, 4) is 0 Å². The Labute approximate surface area is 129 Å². The van der Waals surface area contributed by atoms with Crippen molar-refractivity contribution in [3.63, 3.8) is 0 Å². The SMILES string of the molecule is CCCNC(CCN(CC)CC(C)C)c1cccc(F)c1. The molecule has 0 aliphatic carbocycles. The first-order valence-electron chi connectivity index (χ1n) is 8.28. The molecule has 21 heavy (non-hydrogen) atoms. The molecular weight excluding hydrogens is 263 g/mol. The number of hydrogen-bond acceptors (Lipinski definition) is 2. The van der Waals surface area contributed by atoms with Crippen LogP contribution in [0.25, 0.3) is 0 Å². The van der Waals surface area contributed by atoms with E-state index in [4.69, 9.17) is 0 Å². The molecule has 1 aromatic carbocycles. The van der Waals surface area contributed by atoms with Gasteiger partial charge in [0.15, 0.2) is 0 Å². The van der Waals surface area contributed by atoms with Gasteiger partial charge in [-0.15, -0.1) is 0 Å². The Morgan fingerprint density at radius 1 is 1.24 bits per heavy atom. The molecule has 0 aromatic heterocycles. The molecule has 120 valence electrons. The summed E-state index contributed by atoms with van der Waals surface area (Å²) >= 11 is 0. The largest absolute Gasteiger partial charge is 0.310 e. The maximum Gasteiger partial charge on any atom is 0.123 e. The number of nitrogens with zero attached hydrogens (tertiary/aromatic N) is 1. The first-order chi connectivity index (χ1) is 10.1. The summed E-state index contributed by atoms with van der Waals surface area (Å²) in [4.78, 5) is 2.48. The Hall–Kier alpha value is -0.930. The predicted molar refractivity (Wildman–Crippen MR) is 89.0 cm³/mol. The molecule has 1 unspecified atom stereocenters. The lowest BCUT2D eigenvalue weighted by atomic mass is 10.0. The molecular formula is C18H31FN2. The van der Waals surface area contributed by atoms with E-state index in [2.05, 4.69) is 37.9 Å². The molecule has 0 aliphatic rings. The van der Waals surface area contributed by atoms with Gasteiger partial charge in [-0.05, 0) is 56.1 Å². The second kappa shape index (κ2) is 9.91. The standard InChI is InChI=1S/C18H31FN2/c1-5-11-20-18(16-8-7-9-17(19)13-16)10-12-21(6-2)14-15(3)4/h7-9,13,15,18,20H,5-6,10-12,14H2,1-4H3. The average Bonchev–Trinajstić information content (AvgIpc) is 2.45. The van der Waals surface area contributed by atoms with Crippen LogP contribution in [-0.2, 0) is 0 Å². The third-order valence-corrected chi connectivity index (χ3v) is 3.70. The highest BCUT2D eigenvalue weighted by atomic mass is 19.1. The monoisotopic (exact) mass is 294 g/mol. The van der Waals surface area contributed by atoms with Crippen LogP contribution in [0.3, 0.4) is 0 Å². The Morgan fingerprint density at radius 3 is 2.57 bits per heavy atom. The second-order valence-corrected chi connectivity index (χ2v) is 6.14. The zero-order chi connectivity index (χ0) is 15.7. The molecule has 1 N–H and O–H groups in total. The highest BCUT2D eigenvalue weighted by Crippen LogP contribution is 2.18. The van der Waals surface area contributed by atoms with E-state index in [1.54, 1.807) is 12.1 Å². The van der Waals surface area contributed by atoms with Crippen molar-refractivity contribution in [2.45, 2.75) is 46.6 Å². The lowest BCUT2D eigenvalue weighted by Crippen LogP contribution is -2.32.